The van der Waals surface area contributed by atoms with Crippen LogP contribution in [0.5, 0.6) is 0 Å². The number of hydrogen-bond donors (Lipinski definition) is 2. The lowest BCUT2D eigenvalue weighted by Crippen LogP contribution is -2.34. The van der Waals surface area contributed by atoms with Crippen LogP contribution in [0.3, 0.4) is 0 Å². The maximum atomic E-state index is 12.3. The fourth-order valence-electron chi connectivity index (χ4n) is 1.93. The minimum Gasteiger partial charge on any atom is -0.385 e. The predicted octanol–water partition coefficient (Wildman–Crippen LogP) is 2.95. The highest BCUT2D eigenvalue weighted by molar-refractivity contribution is 6.00. The van der Waals surface area contributed by atoms with E-state index >= 15 is 0 Å². The fraction of sp³-hybridized carbons (Fsp3) is 0.500. The van der Waals surface area contributed by atoms with Gasteiger partial charge in [0.05, 0.1) is 10.5 Å². The standard InChI is InChI=1S/C14H21N3O3/c1-4-10(5-2)16-14(18)12-9-11(17(19)20)7-8-13(12)15-6-3/h7-10,15H,4-6H2,1-3H3,(H,16,18). The summed E-state index contributed by atoms with van der Waals surface area (Å²) in [5.41, 5.74) is 0.843. The van der Waals surface area contributed by atoms with Gasteiger partial charge in [-0.3, -0.25) is 14.9 Å². The van der Waals surface area contributed by atoms with E-state index in [4.69, 9.17) is 0 Å². The average Bonchev–Trinajstić information content (AvgIpc) is 2.44. The monoisotopic (exact) mass is 279 g/mol. The first-order chi connectivity index (χ1) is 9.53. The summed E-state index contributed by atoms with van der Waals surface area (Å²) in [5, 5.41) is 16.8. The number of amides is 1. The molecule has 0 radical (unpaired) electrons. The summed E-state index contributed by atoms with van der Waals surface area (Å²) < 4.78 is 0. The SMILES string of the molecule is CCNc1ccc([N+](=O)[O-])cc1C(=O)NC(CC)CC. The third-order valence-corrected chi connectivity index (χ3v) is 3.15. The van der Waals surface area contributed by atoms with E-state index in [1.807, 2.05) is 20.8 Å². The molecule has 0 saturated heterocycles. The zero-order valence-corrected chi connectivity index (χ0v) is 12.1. The van der Waals surface area contributed by atoms with Crippen molar-refractivity contribution in [2.75, 3.05) is 11.9 Å². The van der Waals surface area contributed by atoms with Crippen LogP contribution in [0, 0.1) is 10.1 Å². The van der Waals surface area contributed by atoms with Crippen LogP contribution in [0.15, 0.2) is 18.2 Å². The molecule has 0 aliphatic rings. The Labute approximate surface area is 118 Å². The number of nitro benzene ring substituents is 1. The van der Waals surface area contributed by atoms with Crippen LogP contribution >= 0.6 is 0 Å². The summed E-state index contributed by atoms with van der Waals surface area (Å²) in [6.45, 7) is 6.53. The quantitative estimate of drug-likeness (QED) is 0.593. The zero-order chi connectivity index (χ0) is 15.1. The van der Waals surface area contributed by atoms with Crippen molar-refractivity contribution >= 4 is 17.3 Å². The largest absolute Gasteiger partial charge is 0.385 e. The van der Waals surface area contributed by atoms with Crippen LogP contribution in [0.25, 0.3) is 0 Å². The number of nitro groups is 1. The molecule has 0 fully saturated rings. The van der Waals surface area contributed by atoms with Gasteiger partial charge >= 0.3 is 0 Å². The Balaban J connectivity index is 3.07. The minimum absolute atomic E-state index is 0.0799. The number of nitrogens with zero attached hydrogens (tertiary/aromatic N) is 1. The van der Waals surface area contributed by atoms with Crippen molar-refractivity contribution in [3.8, 4) is 0 Å². The lowest BCUT2D eigenvalue weighted by atomic mass is 10.1. The van der Waals surface area contributed by atoms with Gasteiger partial charge in [-0.1, -0.05) is 13.8 Å². The number of benzene rings is 1. The molecular weight excluding hydrogens is 258 g/mol. The van der Waals surface area contributed by atoms with E-state index in [1.54, 1.807) is 6.07 Å². The second kappa shape index (κ2) is 7.47. The molecular formula is C14H21N3O3. The lowest BCUT2D eigenvalue weighted by Gasteiger charge is -2.16. The fourth-order valence-corrected chi connectivity index (χ4v) is 1.93. The van der Waals surface area contributed by atoms with Gasteiger partial charge in [0.2, 0.25) is 0 Å². The van der Waals surface area contributed by atoms with E-state index in [9.17, 15) is 14.9 Å². The molecule has 1 aromatic rings. The molecule has 1 aromatic carbocycles. The zero-order valence-electron chi connectivity index (χ0n) is 12.1. The van der Waals surface area contributed by atoms with E-state index < -0.39 is 4.92 Å². The molecule has 0 heterocycles. The van der Waals surface area contributed by atoms with Gasteiger partial charge in [0, 0.05) is 30.4 Å². The molecule has 20 heavy (non-hydrogen) atoms. The molecule has 0 aromatic heterocycles. The Morgan fingerprint density at radius 3 is 2.45 bits per heavy atom. The van der Waals surface area contributed by atoms with Crippen LogP contribution < -0.4 is 10.6 Å². The molecule has 0 saturated carbocycles. The number of nitrogens with one attached hydrogen (secondary N) is 2. The molecule has 0 bridgehead atoms. The third-order valence-electron chi connectivity index (χ3n) is 3.15. The van der Waals surface area contributed by atoms with Crippen molar-refractivity contribution < 1.29 is 9.72 Å². The summed E-state index contributed by atoms with van der Waals surface area (Å²) in [5.74, 6) is -0.279. The van der Waals surface area contributed by atoms with Crippen molar-refractivity contribution in [1.82, 2.24) is 5.32 Å². The Bertz CT molecular complexity index is 485. The lowest BCUT2D eigenvalue weighted by molar-refractivity contribution is -0.384. The van der Waals surface area contributed by atoms with Crippen molar-refractivity contribution in [2.24, 2.45) is 0 Å². The molecule has 1 amide bonds. The number of hydrogen-bond acceptors (Lipinski definition) is 4. The number of non-ortho nitro benzene ring substituents is 1. The smallest absolute Gasteiger partial charge is 0.270 e. The Morgan fingerprint density at radius 2 is 1.95 bits per heavy atom. The summed E-state index contributed by atoms with van der Waals surface area (Å²) in [7, 11) is 0. The Hall–Kier alpha value is -2.11. The second-order valence-corrected chi connectivity index (χ2v) is 4.50. The predicted molar refractivity (Wildman–Crippen MR) is 79.1 cm³/mol. The van der Waals surface area contributed by atoms with Crippen molar-refractivity contribution in [3.05, 3.63) is 33.9 Å². The summed E-state index contributed by atoms with van der Waals surface area (Å²) in [6, 6.07) is 4.36. The minimum atomic E-state index is -0.496. The summed E-state index contributed by atoms with van der Waals surface area (Å²) in [4.78, 5) is 22.6. The Kier molecular flexibility index (Phi) is 5.96. The highest BCUT2D eigenvalue weighted by Gasteiger charge is 2.18. The van der Waals surface area contributed by atoms with Gasteiger partial charge in [-0.2, -0.15) is 0 Å². The van der Waals surface area contributed by atoms with Gasteiger partial charge in [0.15, 0.2) is 0 Å². The number of carbonyl (C=O) groups excluding carboxylic acids is 1. The topological polar surface area (TPSA) is 84.3 Å². The van der Waals surface area contributed by atoms with Crippen molar-refractivity contribution in [2.45, 2.75) is 39.7 Å². The van der Waals surface area contributed by atoms with Gasteiger partial charge < -0.3 is 10.6 Å². The van der Waals surface area contributed by atoms with E-state index in [0.717, 1.165) is 12.8 Å². The van der Waals surface area contributed by atoms with Crippen LogP contribution in [0.2, 0.25) is 0 Å². The maximum Gasteiger partial charge on any atom is 0.270 e. The maximum absolute atomic E-state index is 12.3. The molecule has 0 atom stereocenters. The van der Waals surface area contributed by atoms with Gasteiger partial charge in [-0.15, -0.1) is 0 Å². The normalized spacial score (nSPS) is 10.4. The van der Waals surface area contributed by atoms with E-state index in [2.05, 4.69) is 10.6 Å². The second-order valence-electron chi connectivity index (χ2n) is 4.50. The van der Waals surface area contributed by atoms with Gasteiger partial charge in [0.1, 0.15) is 0 Å². The molecule has 0 unspecified atom stereocenters. The number of rotatable bonds is 7. The van der Waals surface area contributed by atoms with Crippen molar-refractivity contribution in [1.29, 1.82) is 0 Å². The number of anilines is 1. The molecule has 110 valence electrons. The van der Waals surface area contributed by atoms with Crippen LogP contribution in [0.1, 0.15) is 44.0 Å². The molecule has 6 nitrogen and oxygen atoms in total. The average molecular weight is 279 g/mol. The molecule has 0 aliphatic carbocycles. The molecule has 1 rings (SSSR count). The summed E-state index contributed by atoms with van der Waals surface area (Å²) in [6.07, 6.45) is 1.65. The third kappa shape index (κ3) is 3.94. The molecule has 0 aliphatic heterocycles. The van der Waals surface area contributed by atoms with E-state index in [1.165, 1.54) is 12.1 Å². The van der Waals surface area contributed by atoms with Gasteiger partial charge in [-0.05, 0) is 25.8 Å². The first-order valence-corrected chi connectivity index (χ1v) is 6.86. The molecule has 0 spiro atoms. The first-order valence-electron chi connectivity index (χ1n) is 6.86. The highest BCUT2D eigenvalue weighted by atomic mass is 16.6. The first kappa shape index (κ1) is 15.9. The summed E-state index contributed by atoms with van der Waals surface area (Å²) >= 11 is 0. The van der Waals surface area contributed by atoms with Gasteiger partial charge in [-0.25, -0.2) is 0 Å². The van der Waals surface area contributed by atoms with E-state index in [-0.39, 0.29) is 17.6 Å². The Morgan fingerprint density at radius 1 is 1.30 bits per heavy atom. The molecule has 2 N–H and O–H groups in total. The molecule has 6 heteroatoms. The number of carbonyl (C=O) groups is 1. The van der Waals surface area contributed by atoms with Crippen LogP contribution in [-0.2, 0) is 0 Å². The van der Waals surface area contributed by atoms with Gasteiger partial charge in [0.25, 0.3) is 11.6 Å². The highest BCUT2D eigenvalue weighted by Crippen LogP contribution is 2.22. The van der Waals surface area contributed by atoms with Crippen LogP contribution in [0.4, 0.5) is 11.4 Å². The van der Waals surface area contributed by atoms with E-state index in [0.29, 0.717) is 17.8 Å². The van der Waals surface area contributed by atoms with Crippen molar-refractivity contribution in [3.63, 3.8) is 0 Å². The van der Waals surface area contributed by atoms with Crippen LogP contribution in [-0.4, -0.2) is 23.4 Å².